The van der Waals surface area contributed by atoms with Gasteiger partial charge in [-0.3, -0.25) is 9.78 Å². The summed E-state index contributed by atoms with van der Waals surface area (Å²) in [5.74, 6) is -0.593. The zero-order valence-electron chi connectivity index (χ0n) is 24.3. The minimum Gasteiger partial charge on any atom is -0.293 e. The van der Waals surface area contributed by atoms with Crippen molar-refractivity contribution in [3.05, 3.63) is 132 Å². The van der Waals surface area contributed by atoms with Gasteiger partial charge in [-0.2, -0.15) is 0 Å². The summed E-state index contributed by atoms with van der Waals surface area (Å²) < 4.78 is 48.5. The average molecular weight is 612 g/mol. The summed E-state index contributed by atoms with van der Waals surface area (Å²) in [6, 6.07) is 31.4. The SMILES string of the molecule is CC(Cc1cc(-c2cccc(CC(C(=O)c3ccccc3)c3ccc(S(C)(=O)=O)cc3)c2)c2ncccc2c1)S(C)(=O)=O. The highest BCUT2D eigenvalue weighted by Gasteiger charge is 2.24. The number of sulfone groups is 2. The highest BCUT2D eigenvalue weighted by Crippen LogP contribution is 2.32. The number of aromatic nitrogens is 1. The predicted octanol–water partition coefficient (Wildman–Crippen LogP) is 6.49. The second-order valence-electron chi connectivity index (χ2n) is 11.1. The molecule has 4 aromatic carbocycles. The van der Waals surface area contributed by atoms with E-state index < -0.39 is 30.8 Å². The summed E-state index contributed by atoms with van der Waals surface area (Å²) in [5.41, 5.74) is 5.75. The number of fused-ring (bicyclic) bond motifs is 1. The van der Waals surface area contributed by atoms with Gasteiger partial charge in [0, 0.05) is 35.2 Å². The van der Waals surface area contributed by atoms with E-state index in [1.165, 1.54) is 6.26 Å². The molecule has 8 heteroatoms. The lowest BCUT2D eigenvalue weighted by Crippen LogP contribution is -2.18. The van der Waals surface area contributed by atoms with Crippen LogP contribution in [-0.2, 0) is 32.5 Å². The molecule has 0 aliphatic rings. The van der Waals surface area contributed by atoms with Crippen molar-refractivity contribution in [3.8, 4) is 11.1 Å². The molecule has 0 spiro atoms. The van der Waals surface area contributed by atoms with E-state index in [2.05, 4.69) is 4.98 Å². The number of Topliss-reactive ketones (excluding diaryl/α,β-unsaturated/α-hetero) is 1. The Kier molecular flexibility index (Phi) is 8.62. The van der Waals surface area contributed by atoms with E-state index in [1.54, 1.807) is 49.5 Å². The van der Waals surface area contributed by atoms with Crippen LogP contribution < -0.4 is 0 Å². The maximum absolute atomic E-state index is 13.8. The molecule has 0 fully saturated rings. The van der Waals surface area contributed by atoms with E-state index in [1.807, 2.05) is 66.7 Å². The van der Waals surface area contributed by atoms with Gasteiger partial charge in [0.25, 0.3) is 0 Å². The number of hydrogen-bond acceptors (Lipinski definition) is 6. The number of carbonyl (C=O) groups excluding carboxylic acids is 1. The van der Waals surface area contributed by atoms with Gasteiger partial charge in [0.2, 0.25) is 0 Å². The van der Waals surface area contributed by atoms with Crippen LogP contribution in [0.25, 0.3) is 22.0 Å². The van der Waals surface area contributed by atoms with Crippen molar-refractivity contribution in [1.82, 2.24) is 4.98 Å². The quantitative estimate of drug-likeness (QED) is 0.168. The second-order valence-corrected chi connectivity index (χ2v) is 15.6. The van der Waals surface area contributed by atoms with Crippen LogP contribution in [0.1, 0.15) is 39.9 Å². The lowest BCUT2D eigenvalue weighted by Gasteiger charge is -2.18. The fraction of sp³-hybridized carbons (Fsp3) is 0.200. The molecule has 220 valence electrons. The molecule has 0 saturated carbocycles. The van der Waals surface area contributed by atoms with Crippen molar-refractivity contribution in [1.29, 1.82) is 0 Å². The first-order valence-electron chi connectivity index (χ1n) is 14.0. The van der Waals surface area contributed by atoms with Gasteiger partial charge in [0.1, 0.15) is 9.84 Å². The second kappa shape index (κ2) is 12.2. The van der Waals surface area contributed by atoms with Crippen LogP contribution in [0.2, 0.25) is 0 Å². The minimum atomic E-state index is -3.37. The van der Waals surface area contributed by atoms with E-state index in [4.69, 9.17) is 0 Å². The smallest absolute Gasteiger partial charge is 0.175 e. The first-order chi connectivity index (χ1) is 20.4. The van der Waals surface area contributed by atoms with E-state index in [9.17, 15) is 21.6 Å². The highest BCUT2D eigenvalue weighted by atomic mass is 32.2. The molecule has 2 unspecified atom stereocenters. The topological polar surface area (TPSA) is 98.2 Å². The third-order valence-corrected chi connectivity index (χ3v) is 10.5. The largest absolute Gasteiger partial charge is 0.293 e. The highest BCUT2D eigenvalue weighted by molar-refractivity contribution is 7.91. The molecule has 0 aliphatic heterocycles. The van der Waals surface area contributed by atoms with Gasteiger partial charge in [0.05, 0.1) is 21.6 Å². The lowest BCUT2D eigenvalue weighted by atomic mass is 9.85. The van der Waals surface area contributed by atoms with Crippen molar-refractivity contribution in [2.75, 3.05) is 12.5 Å². The third kappa shape index (κ3) is 7.09. The molecule has 5 rings (SSSR count). The van der Waals surface area contributed by atoms with Crippen molar-refractivity contribution >= 4 is 36.4 Å². The predicted molar refractivity (Wildman–Crippen MR) is 172 cm³/mol. The summed E-state index contributed by atoms with van der Waals surface area (Å²) in [5, 5.41) is 0.392. The molecule has 0 saturated heterocycles. The minimum absolute atomic E-state index is 0.0537. The number of ketones is 1. The Balaban J connectivity index is 1.56. The fourth-order valence-corrected chi connectivity index (χ4v) is 6.42. The van der Waals surface area contributed by atoms with E-state index in [0.717, 1.165) is 45.0 Å². The molecule has 6 nitrogen and oxygen atoms in total. The van der Waals surface area contributed by atoms with Gasteiger partial charge in [-0.05, 0) is 72.4 Å². The van der Waals surface area contributed by atoms with Crippen molar-refractivity contribution < 1.29 is 21.6 Å². The number of hydrogen-bond donors (Lipinski definition) is 0. The van der Waals surface area contributed by atoms with Gasteiger partial charge in [0.15, 0.2) is 15.6 Å². The average Bonchev–Trinajstić information content (AvgIpc) is 2.99. The normalized spacial score (nSPS) is 13.5. The van der Waals surface area contributed by atoms with Gasteiger partial charge in [-0.15, -0.1) is 0 Å². The number of pyridine rings is 1. The standard InChI is InChI=1S/C35H33NO5S2/c1-24(42(2,38)39)19-26-21-30-13-8-18-36-34(30)32(23-26)29-12-7-9-25(20-29)22-33(35(37)28-10-5-4-6-11-28)27-14-16-31(17-15-27)43(3,40)41/h4-18,20-21,23-24,33H,19,22H2,1-3H3. The van der Waals surface area contributed by atoms with Crippen LogP contribution in [0, 0.1) is 0 Å². The zero-order valence-corrected chi connectivity index (χ0v) is 25.9. The zero-order chi connectivity index (χ0) is 30.8. The van der Waals surface area contributed by atoms with E-state index in [0.29, 0.717) is 18.4 Å². The van der Waals surface area contributed by atoms with Crippen molar-refractivity contribution in [2.45, 2.75) is 35.8 Å². The fourth-order valence-electron chi connectivity index (χ4n) is 5.29. The molecule has 43 heavy (non-hydrogen) atoms. The molecule has 0 radical (unpaired) electrons. The molecule has 2 atom stereocenters. The summed E-state index contributed by atoms with van der Waals surface area (Å²) in [6.45, 7) is 1.72. The van der Waals surface area contributed by atoms with Crippen LogP contribution in [0.5, 0.6) is 0 Å². The number of carbonyl (C=O) groups is 1. The van der Waals surface area contributed by atoms with Gasteiger partial charge >= 0.3 is 0 Å². The molecule has 5 aromatic rings. The Morgan fingerprint density at radius 3 is 2.14 bits per heavy atom. The summed E-state index contributed by atoms with van der Waals surface area (Å²) >= 11 is 0. The van der Waals surface area contributed by atoms with E-state index >= 15 is 0 Å². The van der Waals surface area contributed by atoms with E-state index in [-0.39, 0.29) is 10.7 Å². The molecule has 0 aliphatic carbocycles. The molecule has 0 amide bonds. The molecule has 1 aromatic heterocycles. The Hall–Kier alpha value is -4.14. The van der Waals surface area contributed by atoms with Gasteiger partial charge in [-0.1, -0.05) is 72.8 Å². The first kappa shape index (κ1) is 30.3. The molecule has 1 heterocycles. The number of nitrogens with zero attached hydrogens (tertiary/aromatic N) is 1. The Bertz CT molecular complexity index is 2000. The molecular formula is C35H33NO5S2. The maximum Gasteiger partial charge on any atom is 0.175 e. The molecule has 0 bridgehead atoms. The lowest BCUT2D eigenvalue weighted by molar-refractivity contribution is 0.0959. The monoisotopic (exact) mass is 611 g/mol. The van der Waals surface area contributed by atoms with Crippen molar-refractivity contribution in [2.24, 2.45) is 0 Å². The summed E-state index contributed by atoms with van der Waals surface area (Å²) in [4.78, 5) is 18.7. The van der Waals surface area contributed by atoms with Crippen LogP contribution in [-0.4, -0.2) is 45.4 Å². The van der Waals surface area contributed by atoms with Crippen molar-refractivity contribution in [3.63, 3.8) is 0 Å². The number of rotatable bonds is 10. The Labute approximate surface area is 253 Å². The molecular weight excluding hydrogens is 579 g/mol. The number of benzene rings is 4. The third-order valence-electron chi connectivity index (χ3n) is 7.78. The van der Waals surface area contributed by atoms with Crippen LogP contribution >= 0.6 is 0 Å². The molecule has 0 N–H and O–H groups in total. The Morgan fingerprint density at radius 2 is 1.47 bits per heavy atom. The summed E-state index contributed by atoms with van der Waals surface area (Å²) in [7, 11) is -6.58. The Morgan fingerprint density at radius 1 is 0.744 bits per heavy atom. The van der Waals surface area contributed by atoms with Crippen LogP contribution in [0.3, 0.4) is 0 Å². The summed E-state index contributed by atoms with van der Waals surface area (Å²) in [6.07, 6.45) is 4.94. The van der Waals surface area contributed by atoms with Crippen LogP contribution in [0.15, 0.2) is 114 Å². The maximum atomic E-state index is 13.8. The first-order valence-corrected chi connectivity index (χ1v) is 17.8. The van der Waals surface area contributed by atoms with Crippen LogP contribution in [0.4, 0.5) is 0 Å². The van der Waals surface area contributed by atoms with Gasteiger partial charge < -0.3 is 0 Å². The van der Waals surface area contributed by atoms with Gasteiger partial charge in [-0.25, -0.2) is 16.8 Å².